The highest BCUT2D eigenvalue weighted by Crippen LogP contribution is 2.21. The summed E-state index contributed by atoms with van der Waals surface area (Å²) in [5, 5.41) is 7.65. The second-order valence-corrected chi connectivity index (χ2v) is 6.55. The largest absolute Gasteiger partial charge is 0.302 e. The lowest BCUT2D eigenvalue weighted by molar-refractivity contribution is -0.119. The third kappa shape index (κ3) is 3.63. The predicted octanol–water partition coefficient (Wildman–Crippen LogP) is 2.99. The summed E-state index contributed by atoms with van der Waals surface area (Å²) in [7, 11) is 0. The van der Waals surface area contributed by atoms with Gasteiger partial charge in [0.1, 0.15) is 0 Å². The molecule has 0 saturated heterocycles. The molecular weight excluding hydrogens is 328 g/mol. The number of hydrogen-bond donors (Lipinski definition) is 1. The molecule has 0 radical (unpaired) electrons. The van der Waals surface area contributed by atoms with Crippen molar-refractivity contribution in [2.24, 2.45) is 5.92 Å². The summed E-state index contributed by atoms with van der Waals surface area (Å²) in [4.78, 5) is 17.5. The molecule has 0 fully saturated rings. The molecule has 0 bridgehead atoms. The first-order chi connectivity index (χ1) is 8.95. The van der Waals surface area contributed by atoms with Crippen LogP contribution in [0.25, 0.3) is 0 Å². The van der Waals surface area contributed by atoms with E-state index in [9.17, 15) is 4.79 Å². The zero-order valence-corrected chi connectivity index (χ0v) is 13.4. The van der Waals surface area contributed by atoms with E-state index in [4.69, 9.17) is 0 Å². The van der Waals surface area contributed by atoms with Gasteiger partial charge in [0, 0.05) is 11.1 Å². The summed E-state index contributed by atoms with van der Waals surface area (Å²) < 4.78 is 2.65. The molecule has 0 aliphatic carbocycles. The Morgan fingerprint density at radius 3 is 2.84 bits per heavy atom. The second-order valence-electron chi connectivity index (χ2n) is 4.43. The van der Waals surface area contributed by atoms with Crippen LogP contribution < -0.4 is 5.32 Å². The average Bonchev–Trinajstić information content (AvgIpc) is 2.86. The van der Waals surface area contributed by atoms with Crippen LogP contribution in [0.1, 0.15) is 17.5 Å². The number of carbonyl (C=O) groups excluding carboxylic acids is 1. The van der Waals surface area contributed by atoms with Crippen molar-refractivity contribution in [3.63, 3.8) is 0 Å². The van der Waals surface area contributed by atoms with Gasteiger partial charge in [0.2, 0.25) is 5.91 Å². The maximum atomic E-state index is 12.0. The van der Waals surface area contributed by atoms with Crippen LogP contribution in [0.4, 0.5) is 5.13 Å². The number of anilines is 1. The Labute approximate surface area is 124 Å². The molecule has 2 rings (SSSR count). The highest BCUT2D eigenvalue weighted by atomic mass is 79.9. The summed E-state index contributed by atoms with van der Waals surface area (Å²) in [6.45, 7) is 6.35. The molecule has 1 N–H and O–H groups in total. The van der Waals surface area contributed by atoms with Crippen LogP contribution in [-0.2, 0) is 11.3 Å². The van der Waals surface area contributed by atoms with E-state index in [1.54, 1.807) is 10.9 Å². The molecule has 0 spiro atoms. The number of rotatable bonds is 4. The molecule has 2 heterocycles. The molecule has 1 amide bonds. The summed E-state index contributed by atoms with van der Waals surface area (Å²) in [5.41, 5.74) is 0.962. The third-order valence-electron chi connectivity index (χ3n) is 2.77. The Morgan fingerprint density at radius 2 is 2.32 bits per heavy atom. The second kappa shape index (κ2) is 5.83. The van der Waals surface area contributed by atoms with Gasteiger partial charge in [-0.3, -0.25) is 9.48 Å². The van der Waals surface area contributed by atoms with Crippen LogP contribution in [0.3, 0.4) is 0 Å². The van der Waals surface area contributed by atoms with Crippen molar-refractivity contribution in [2.45, 2.75) is 27.3 Å². The molecule has 0 aromatic carbocycles. The van der Waals surface area contributed by atoms with Gasteiger partial charge >= 0.3 is 0 Å². The molecule has 19 heavy (non-hydrogen) atoms. The number of amides is 1. The number of halogens is 1. The molecule has 1 atom stereocenters. The minimum atomic E-state index is -0.170. The third-order valence-corrected chi connectivity index (χ3v) is 4.17. The zero-order valence-electron chi connectivity index (χ0n) is 11.0. The highest BCUT2D eigenvalue weighted by Gasteiger charge is 2.16. The summed E-state index contributed by atoms with van der Waals surface area (Å²) in [6, 6.07) is 0. The van der Waals surface area contributed by atoms with Crippen LogP contribution in [0.2, 0.25) is 0 Å². The lowest BCUT2D eigenvalue weighted by Gasteiger charge is -2.10. The van der Waals surface area contributed by atoms with Crippen molar-refractivity contribution >= 4 is 38.3 Å². The first-order valence-electron chi connectivity index (χ1n) is 5.88. The van der Waals surface area contributed by atoms with E-state index in [0.717, 1.165) is 15.0 Å². The first kappa shape index (κ1) is 14.2. The number of thiazole rings is 1. The van der Waals surface area contributed by atoms with E-state index >= 15 is 0 Å². The lowest BCUT2D eigenvalue weighted by atomic mass is 10.2. The van der Waals surface area contributed by atoms with Gasteiger partial charge in [-0.2, -0.15) is 5.10 Å². The number of hydrogen-bond acceptors (Lipinski definition) is 4. The predicted molar refractivity (Wildman–Crippen MR) is 79.3 cm³/mol. The van der Waals surface area contributed by atoms with Crippen LogP contribution in [0.5, 0.6) is 0 Å². The molecule has 5 nitrogen and oxygen atoms in total. The van der Waals surface area contributed by atoms with Crippen molar-refractivity contribution in [1.82, 2.24) is 14.8 Å². The van der Waals surface area contributed by atoms with Crippen LogP contribution in [0.15, 0.2) is 16.9 Å². The summed E-state index contributed by atoms with van der Waals surface area (Å²) in [5.74, 6) is -0.211. The fourth-order valence-corrected chi connectivity index (χ4v) is 2.70. The van der Waals surface area contributed by atoms with Gasteiger partial charge in [0.25, 0.3) is 0 Å². The fraction of sp³-hybridized carbons (Fsp3) is 0.417. The Balaban J connectivity index is 1.95. The number of nitrogens with zero attached hydrogens (tertiary/aromatic N) is 3. The molecule has 2 aromatic heterocycles. The van der Waals surface area contributed by atoms with Gasteiger partial charge in [-0.15, -0.1) is 11.3 Å². The molecule has 0 saturated carbocycles. The quantitative estimate of drug-likeness (QED) is 0.928. The minimum absolute atomic E-state index is 0.0413. The van der Waals surface area contributed by atoms with Gasteiger partial charge < -0.3 is 5.32 Å². The minimum Gasteiger partial charge on any atom is -0.302 e. The Hall–Kier alpha value is -1.21. The van der Waals surface area contributed by atoms with Gasteiger partial charge in [-0.05, 0) is 29.8 Å². The molecule has 102 valence electrons. The number of aryl methyl sites for hydroxylation is 2. The molecular formula is C12H15BrN4OS. The van der Waals surface area contributed by atoms with E-state index in [0.29, 0.717) is 11.7 Å². The molecule has 2 aromatic rings. The zero-order chi connectivity index (χ0) is 14.0. The van der Waals surface area contributed by atoms with Crippen LogP contribution in [-0.4, -0.2) is 20.7 Å². The number of aromatic nitrogens is 3. The standard InChI is InChI=1S/C12H15BrN4OS/c1-7(5-17-6-10(13)4-14-17)11(18)16-12-15-8(2)9(3)19-12/h4,6-7H,5H2,1-3H3,(H,15,16,18). The lowest BCUT2D eigenvalue weighted by Crippen LogP contribution is -2.24. The molecule has 0 aliphatic heterocycles. The van der Waals surface area contributed by atoms with Crippen molar-refractivity contribution in [3.8, 4) is 0 Å². The molecule has 7 heteroatoms. The van der Waals surface area contributed by atoms with Crippen molar-refractivity contribution in [1.29, 1.82) is 0 Å². The summed E-state index contributed by atoms with van der Waals surface area (Å²) in [6.07, 6.45) is 3.56. The van der Waals surface area contributed by atoms with Crippen molar-refractivity contribution in [2.75, 3.05) is 5.32 Å². The van der Waals surface area contributed by atoms with Crippen LogP contribution in [0, 0.1) is 19.8 Å². The normalized spacial score (nSPS) is 12.4. The Kier molecular flexibility index (Phi) is 4.36. The van der Waals surface area contributed by atoms with Crippen molar-refractivity contribution < 1.29 is 4.79 Å². The number of carbonyl (C=O) groups is 1. The highest BCUT2D eigenvalue weighted by molar-refractivity contribution is 9.10. The first-order valence-corrected chi connectivity index (χ1v) is 7.49. The molecule has 0 aliphatic rings. The fourth-order valence-electron chi connectivity index (χ4n) is 1.56. The van der Waals surface area contributed by atoms with E-state index < -0.39 is 0 Å². The maximum Gasteiger partial charge on any atom is 0.230 e. The average molecular weight is 343 g/mol. The van der Waals surface area contributed by atoms with Gasteiger partial charge in [-0.25, -0.2) is 4.98 Å². The Morgan fingerprint density at radius 1 is 1.58 bits per heavy atom. The van der Waals surface area contributed by atoms with Crippen molar-refractivity contribution in [3.05, 3.63) is 27.4 Å². The SMILES string of the molecule is Cc1nc(NC(=O)C(C)Cn2cc(Br)cn2)sc1C. The summed E-state index contributed by atoms with van der Waals surface area (Å²) >= 11 is 4.83. The Bertz CT molecular complexity index is 573. The topological polar surface area (TPSA) is 59.8 Å². The van der Waals surface area contributed by atoms with Gasteiger partial charge in [0.15, 0.2) is 5.13 Å². The monoisotopic (exact) mass is 342 g/mol. The smallest absolute Gasteiger partial charge is 0.230 e. The van der Waals surface area contributed by atoms with E-state index in [1.165, 1.54) is 11.3 Å². The van der Waals surface area contributed by atoms with E-state index in [2.05, 4.69) is 31.3 Å². The maximum absolute atomic E-state index is 12.0. The molecule has 1 unspecified atom stereocenters. The van der Waals surface area contributed by atoms with E-state index in [1.807, 2.05) is 27.0 Å². The van der Waals surface area contributed by atoms with E-state index in [-0.39, 0.29) is 11.8 Å². The van der Waals surface area contributed by atoms with Gasteiger partial charge in [0.05, 0.1) is 28.8 Å². The van der Waals surface area contributed by atoms with Crippen LogP contribution >= 0.6 is 27.3 Å². The number of nitrogens with one attached hydrogen (secondary N) is 1. The van der Waals surface area contributed by atoms with Gasteiger partial charge in [-0.1, -0.05) is 6.92 Å².